The van der Waals surface area contributed by atoms with Gasteiger partial charge in [-0.25, -0.2) is 0 Å². The molecule has 6 atom stereocenters. The Bertz CT molecular complexity index is 1540. The fraction of sp³-hybridized carbons (Fsp3) is 0.478. The Morgan fingerprint density at radius 3 is 1.09 bits per heavy atom. The van der Waals surface area contributed by atoms with Crippen LogP contribution in [0.3, 0.4) is 0 Å². The number of hydrogen-bond donors (Lipinski definition) is 2. The lowest BCUT2D eigenvalue weighted by Gasteiger charge is -2.37. The van der Waals surface area contributed by atoms with E-state index in [1.807, 2.05) is 44.2 Å². The van der Waals surface area contributed by atoms with Gasteiger partial charge in [0.2, 0.25) is 0 Å². The highest BCUT2D eigenvalue weighted by atomic mass is 79.9. The van der Waals surface area contributed by atoms with E-state index < -0.39 is 0 Å². The summed E-state index contributed by atoms with van der Waals surface area (Å²) in [6, 6.07) is 34.1. The van der Waals surface area contributed by atoms with Crippen LogP contribution < -0.4 is 21.3 Å². The van der Waals surface area contributed by atoms with E-state index in [9.17, 15) is 0 Å². The van der Waals surface area contributed by atoms with Gasteiger partial charge in [-0.05, 0) is 124 Å². The molecule has 2 aliphatic heterocycles. The molecule has 0 bridgehead atoms. The molecule has 0 aromatic heterocycles. The number of rotatable bonds is 6. The van der Waals surface area contributed by atoms with Crippen LogP contribution in [-0.4, -0.2) is 50.6 Å². The molecule has 4 aromatic rings. The summed E-state index contributed by atoms with van der Waals surface area (Å²) >= 11 is 6.81. The lowest BCUT2D eigenvalue weighted by Crippen LogP contribution is -2.45. The Morgan fingerprint density at radius 1 is 0.481 bits per heavy atom. The Balaban J connectivity index is 0.000000200. The molecular formula is C46H66Br2N4O2. The molecule has 4 aromatic carbocycles. The van der Waals surface area contributed by atoms with E-state index in [0.717, 1.165) is 36.2 Å². The molecule has 6 rings (SSSR count). The van der Waals surface area contributed by atoms with Crippen molar-refractivity contribution in [1.29, 1.82) is 0 Å². The van der Waals surface area contributed by atoms with Crippen LogP contribution in [0.25, 0.3) is 0 Å². The summed E-state index contributed by atoms with van der Waals surface area (Å²) in [5.41, 5.74) is 19.3. The minimum absolute atomic E-state index is 0.0887. The molecule has 0 unspecified atom stereocenters. The lowest BCUT2D eigenvalue weighted by molar-refractivity contribution is -0.00548. The van der Waals surface area contributed by atoms with Crippen LogP contribution >= 0.6 is 31.9 Å². The second kappa shape index (κ2) is 22.7. The zero-order valence-electron chi connectivity index (χ0n) is 34.3. The first-order chi connectivity index (χ1) is 25.5. The summed E-state index contributed by atoms with van der Waals surface area (Å²) in [6.45, 7) is 25.3. The topological polar surface area (TPSA) is 77.0 Å². The number of nitrogens with two attached hydrogens (primary N) is 2. The van der Waals surface area contributed by atoms with E-state index >= 15 is 0 Å². The summed E-state index contributed by atoms with van der Waals surface area (Å²) in [6.07, 6.45) is 1.22. The molecule has 2 fully saturated rings. The first-order valence-electron chi connectivity index (χ1n) is 19.5. The summed E-state index contributed by atoms with van der Waals surface area (Å²) in [7, 11) is 0. The van der Waals surface area contributed by atoms with E-state index in [1.54, 1.807) is 0 Å². The molecule has 0 saturated carbocycles. The molecule has 0 aliphatic carbocycles. The van der Waals surface area contributed by atoms with Gasteiger partial charge in [-0.1, -0.05) is 108 Å². The Kier molecular flexibility index (Phi) is 19.2. The SMILES string of the molecule is CC(C)c1cccc(Br)c1.CC(C)c1cccc(N2C[C@@H](C)O[C@@H](C)C2)c1.C[C@@H]1CN(c2cccc([C@H](C)N)c2)C[C@H](C)O1.C[C@H](N)c1cccc(Br)c1. The first-order valence-corrected chi connectivity index (χ1v) is 21.1. The van der Waals surface area contributed by atoms with E-state index in [2.05, 4.69) is 164 Å². The smallest absolute Gasteiger partial charge is 0.0726 e. The van der Waals surface area contributed by atoms with Gasteiger partial charge in [0.05, 0.1) is 24.4 Å². The van der Waals surface area contributed by atoms with Crippen molar-refractivity contribution in [2.45, 2.75) is 118 Å². The lowest BCUT2D eigenvalue weighted by atomic mass is 10.0. The van der Waals surface area contributed by atoms with Crippen LogP contribution in [0, 0.1) is 0 Å². The van der Waals surface area contributed by atoms with Crippen LogP contribution in [0.2, 0.25) is 0 Å². The number of benzene rings is 4. The highest BCUT2D eigenvalue weighted by molar-refractivity contribution is 9.10. The maximum atomic E-state index is 5.92. The third-order valence-corrected chi connectivity index (χ3v) is 10.4. The maximum Gasteiger partial charge on any atom is 0.0726 e. The molecule has 4 N–H and O–H groups in total. The molecule has 2 heterocycles. The Hall–Kier alpha value is -2.72. The highest BCUT2D eigenvalue weighted by Gasteiger charge is 2.23. The summed E-state index contributed by atoms with van der Waals surface area (Å²) in [5, 5.41) is 0. The van der Waals surface area contributed by atoms with Crippen molar-refractivity contribution in [2.75, 3.05) is 36.0 Å². The minimum Gasteiger partial charge on any atom is -0.372 e. The van der Waals surface area contributed by atoms with Crippen molar-refractivity contribution < 1.29 is 9.47 Å². The van der Waals surface area contributed by atoms with Gasteiger partial charge >= 0.3 is 0 Å². The number of hydrogen-bond acceptors (Lipinski definition) is 6. The maximum absolute atomic E-state index is 5.92. The summed E-state index contributed by atoms with van der Waals surface area (Å²) in [4.78, 5) is 4.81. The van der Waals surface area contributed by atoms with Crippen molar-refractivity contribution in [3.05, 3.63) is 128 Å². The van der Waals surface area contributed by atoms with Crippen molar-refractivity contribution >= 4 is 43.2 Å². The molecule has 0 radical (unpaired) electrons. The third-order valence-electron chi connectivity index (χ3n) is 9.39. The summed E-state index contributed by atoms with van der Waals surface area (Å²) in [5.74, 6) is 1.21. The molecule has 6 nitrogen and oxygen atoms in total. The van der Waals surface area contributed by atoms with E-state index in [1.165, 1.54) is 32.5 Å². The molecular weight excluding hydrogens is 800 g/mol. The van der Waals surface area contributed by atoms with E-state index in [-0.39, 0.29) is 24.3 Å². The molecule has 2 aliphatic rings. The molecule has 0 amide bonds. The Morgan fingerprint density at radius 2 is 0.778 bits per heavy atom. The molecule has 8 heteroatoms. The molecule has 2 saturated heterocycles. The van der Waals surface area contributed by atoms with Crippen molar-refractivity contribution in [3.8, 4) is 0 Å². The van der Waals surface area contributed by atoms with Crippen LogP contribution in [0.5, 0.6) is 0 Å². The fourth-order valence-electron chi connectivity index (χ4n) is 6.52. The van der Waals surface area contributed by atoms with Crippen LogP contribution in [0.15, 0.2) is 106 Å². The fourth-order valence-corrected chi connectivity index (χ4v) is 7.35. The Labute approximate surface area is 344 Å². The van der Waals surface area contributed by atoms with Crippen LogP contribution in [0.1, 0.15) is 115 Å². The van der Waals surface area contributed by atoms with Crippen LogP contribution in [-0.2, 0) is 9.47 Å². The predicted octanol–water partition coefficient (Wildman–Crippen LogP) is 11.8. The average Bonchev–Trinajstić information content (AvgIpc) is 3.12. The molecule has 296 valence electrons. The normalized spacial score (nSPS) is 20.8. The monoisotopic (exact) mass is 864 g/mol. The zero-order chi connectivity index (χ0) is 39.9. The van der Waals surface area contributed by atoms with Crippen molar-refractivity contribution in [3.63, 3.8) is 0 Å². The number of morpholine rings is 2. The van der Waals surface area contributed by atoms with Gasteiger partial charge < -0.3 is 30.7 Å². The quantitative estimate of drug-likeness (QED) is 0.201. The second-order valence-corrected chi connectivity index (χ2v) is 17.3. The number of halogens is 2. The number of ether oxygens (including phenoxy) is 2. The van der Waals surface area contributed by atoms with Gasteiger partial charge in [0.25, 0.3) is 0 Å². The minimum atomic E-state index is 0.0887. The predicted molar refractivity (Wildman–Crippen MR) is 239 cm³/mol. The van der Waals surface area contributed by atoms with Gasteiger partial charge in [0.15, 0.2) is 0 Å². The van der Waals surface area contributed by atoms with Gasteiger partial charge in [0.1, 0.15) is 0 Å². The van der Waals surface area contributed by atoms with E-state index in [4.69, 9.17) is 20.9 Å². The first kappa shape index (κ1) is 45.7. The van der Waals surface area contributed by atoms with Gasteiger partial charge in [-0.2, -0.15) is 0 Å². The third kappa shape index (κ3) is 15.8. The largest absolute Gasteiger partial charge is 0.372 e. The number of anilines is 2. The van der Waals surface area contributed by atoms with Gasteiger partial charge in [0, 0.05) is 58.6 Å². The van der Waals surface area contributed by atoms with E-state index in [0.29, 0.717) is 24.0 Å². The van der Waals surface area contributed by atoms with Gasteiger partial charge in [-0.15, -0.1) is 0 Å². The average molecular weight is 867 g/mol. The second-order valence-electron chi connectivity index (χ2n) is 15.5. The van der Waals surface area contributed by atoms with Crippen LogP contribution in [0.4, 0.5) is 11.4 Å². The van der Waals surface area contributed by atoms with Crippen molar-refractivity contribution in [1.82, 2.24) is 0 Å². The molecule has 0 spiro atoms. The molecule has 54 heavy (non-hydrogen) atoms. The standard InChI is InChI=1S/C15H23NO.C14H22N2O.C9H11Br.C8H10BrN/c1-11(2)14-6-5-7-15(8-14)16-9-12(3)17-13(4)10-16;1-10-8-16(9-11(2)17-10)14-6-4-5-13(7-14)12(3)15;1-7(2)8-4-3-5-9(10)6-8;1-6(10)7-3-2-4-8(9)5-7/h5-8,11-13H,9-10H2,1-4H3;4-7,10-12H,8-9,15H2,1-3H3;3-7H,1-2H3;2-6H,10H2,1H3/t12-,13+;10-,11+,12-;;6-/m.0.0/s1. The summed E-state index contributed by atoms with van der Waals surface area (Å²) < 4.78 is 13.8. The van der Waals surface area contributed by atoms with Crippen molar-refractivity contribution in [2.24, 2.45) is 11.5 Å². The van der Waals surface area contributed by atoms with Gasteiger partial charge in [-0.3, -0.25) is 0 Å². The zero-order valence-corrected chi connectivity index (χ0v) is 37.5. The highest BCUT2D eigenvalue weighted by Crippen LogP contribution is 2.26. The number of nitrogens with zero attached hydrogens (tertiary/aromatic N) is 2.